The van der Waals surface area contributed by atoms with E-state index in [2.05, 4.69) is 14.9 Å². The first-order valence-corrected chi connectivity index (χ1v) is 13.8. The van der Waals surface area contributed by atoms with Crippen molar-refractivity contribution >= 4 is 55.6 Å². The minimum Gasteiger partial charge on any atom is -0.350 e. The van der Waals surface area contributed by atoms with Gasteiger partial charge in [0.2, 0.25) is 10.0 Å². The second kappa shape index (κ2) is 10.7. The Labute approximate surface area is 230 Å². The number of hydrogen-bond donors (Lipinski definition) is 3. The van der Waals surface area contributed by atoms with Crippen LogP contribution in [0.15, 0.2) is 42.5 Å². The van der Waals surface area contributed by atoms with Gasteiger partial charge in [0.1, 0.15) is 5.82 Å². The zero-order chi connectivity index (χ0) is 27.8. The van der Waals surface area contributed by atoms with Gasteiger partial charge >= 0.3 is 0 Å². The number of carbonyl (C=O) groups excluding carboxylic acids is 1. The Morgan fingerprint density at radius 3 is 2.34 bits per heavy atom. The van der Waals surface area contributed by atoms with Gasteiger partial charge in [-0.3, -0.25) is 14.4 Å². The summed E-state index contributed by atoms with van der Waals surface area (Å²) in [6.45, 7) is 1.54. The van der Waals surface area contributed by atoms with Crippen LogP contribution in [0.25, 0.3) is 0 Å². The summed E-state index contributed by atoms with van der Waals surface area (Å²) in [5.74, 6) is -5.60. The first kappa shape index (κ1) is 28.1. The smallest absolute Gasteiger partial charge is 0.277 e. The van der Waals surface area contributed by atoms with E-state index in [-0.39, 0.29) is 16.9 Å². The van der Waals surface area contributed by atoms with Crippen LogP contribution in [0.1, 0.15) is 41.3 Å². The summed E-state index contributed by atoms with van der Waals surface area (Å²) in [4.78, 5) is 17.2. The molecule has 1 aliphatic carbocycles. The lowest BCUT2D eigenvalue weighted by atomic mass is 9.99. The molecule has 1 aliphatic rings. The van der Waals surface area contributed by atoms with Crippen molar-refractivity contribution in [2.75, 3.05) is 17.1 Å². The lowest BCUT2D eigenvalue weighted by Gasteiger charge is -2.17. The highest BCUT2D eigenvalue weighted by Crippen LogP contribution is 2.43. The maximum atomic E-state index is 15.3. The molecule has 0 aliphatic heterocycles. The Morgan fingerprint density at radius 1 is 1.00 bits per heavy atom. The number of benzene rings is 3. The largest absolute Gasteiger partial charge is 0.350 e. The van der Waals surface area contributed by atoms with Gasteiger partial charge in [0.25, 0.3) is 5.91 Å². The second-order valence-corrected chi connectivity index (χ2v) is 12.4. The van der Waals surface area contributed by atoms with Gasteiger partial charge in [-0.05, 0) is 83.8 Å². The summed E-state index contributed by atoms with van der Waals surface area (Å²) in [6.07, 6.45) is 0.354. The van der Waals surface area contributed by atoms with E-state index in [0.29, 0.717) is 16.4 Å². The van der Waals surface area contributed by atoms with Gasteiger partial charge in [0.05, 0.1) is 34.5 Å². The van der Waals surface area contributed by atoms with E-state index in [0.717, 1.165) is 19.2 Å². The molecule has 0 bridgehead atoms. The van der Waals surface area contributed by atoms with Crippen LogP contribution >= 0.6 is 22.6 Å². The number of amides is 1. The van der Waals surface area contributed by atoms with Gasteiger partial charge in [-0.15, -0.1) is 0 Å². The zero-order valence-corrected chi connectivity index (χ0v) is 23.1. The Morgan fingerprint density at radius 2 is 1.71 bits per heavy atom. The number of hydrogen-bond acceptors (Lipinski definition) is 5. The lowest BCUT2D eigenvalue weighted by Crippen LogP contribution is -2.27. The fourth-order valence-electron chi connectivity index (χ4n) is 3.69. The zero-order valence-electron chi connectivity index (χ0n) is 20.1. The highest BCUT2D eigenvalue weighted by molar-refractivity contribution is 14.1. The van der Waals surface area contributed by atoms with Crippen molar-refractivity contribution in [2.45, 2.75) is 30.9 Å². The number of hydroxylamine groups is 1. The first-order valence-electron chi connectivity index (χ1n) is 11.2. The summed E-state index contributed by atoms with van der Waals surface area (Å²) in [5, 5.41) is 2.41. The van der Waals surface area contributed by atoms with Gasteiger partial charge in [-0.25, -0.2) is 31.5 Å². The normalized spacial score (nSPS) is 14.2. The van der Waals surface area contributed by atoms with Crippen LogP contribution in [0.3, 0.4) is 0 Å². The van der Waals surface area contributed by atoms with Crippen molar-refractivity contribution < 1.29 is 35.6 Å². The van der Waals surface area contributed by atoms with E-state index in [4.69, 9.17) is 0 Å². The number of carbonyl (C=O) groups is 1. The minimum atomic E-state index is -3.86. The maximum Gasteiger partial charge on any atom is 0.277 e. The number of anilines is 3. The Bertz CT molecular complexity index is 1530. The number of rotatable bonds is 9. The summed E-state index contributed by atoms with van der Waals surface area (Å²) in [5.41, 5.74) is -0.169. The van der Waals surface area contributed by atoms with E-state index >= 15 is 13.2 Å². The Balaban J connectivity index is 1.73. The number of sulfonamides is 1. The molecule has 0 unspecified atom stereocenters. The molecule has 3 aromatic carbocycles. The van der Waals surface area contributed by atoms with E-state index in [1.54, 1.807) is 6.92 Å². The van der Waals surface area contributed by atoms with Gasteiger partial charge in [0, 0.05) is 9.99 Å². The molecular weight excluding hydrogens is 641 g/mol. The van der Waals surface area contributed by atoms with Crippen LogP contribution in [0.2, 0.25) is 0 Å². The minimum absolute atomic E-state index is 0.146. The summed E-state index contributed by atoms with van der Waals surface area (Å²) >= 11 is 1.88. The molecule has 3 N–H and O–H groups in total. The molecule has 0 atom stereocenters. The van der Waals surface area contributed by atoms with Gasteiger partial charge < -0.3 is 5.32 Å². The van der Waals surface area contributed by atoms with Crippen LogP contribution < -0.4 is 15.5 Å². The summed E-state index contributed by atoms with van der Waals surface area (Å²) in [7, 11) is -2.73. The molecule has 0 saturated heterocycles. The predicted octanol–water partition coefficient (Wildman–Crippen LogP) is 5.77. The maximum absolute atomic E-state index is 15.3. The molecule has 1 amide bonds. The van der Waals surface area contributed by atoms with Crippen molar-refractivity contribution in [1.82, 2.24) is 5.48 Å². The van der Waals surface area contributed by atoms with Crippen molar-refractivity contribution in [1.29, 1.82) is 0 Å². The average molecular weight is 663 g/mol. The monoisotopic (exact) mass is 663 g/mol. The topological polar surface area (TPSA) is 96.5 Å². The standard InChI is InChI=1S/C25H22F4IN3O4S/c1-25(8-9-25)38(35,36)33-19-5-3-4-13(20(19)27)10-14-11-16(24(34)32-37-2)23(22(29)21(14)28)31-18-7-6-15(30)12-17(18)26/h3-7,11-12,31,33H,8-10H2,1-2H3,(H,32,34). The van der Waals surface area contributed by atoms with Crippen LogP contribution in [0.4, 0.5) is 34.6 Å². The van der Waals surface area contributed by atoms with Crippen LogP contribution in [-0.4, -0.2) is 26.2 Å². The van der Waals surface area contributed by atoms with Crippen molar-refractivity contribution in [2.24, 2.45) is 0 Å². The molecule has 0 aromatic heterocycles. The third kappa shape index (κ3) is 5.59. The van der Waals surface area contributed by atoms with E-state index in [9.17, 15) is 17.6 Å². The number of halogens is 5. The van der Waals surface area contributed by atoms with Crippen LogP contribution in [0, 0.1) is 26.8 Å². The number of nitrogens with one attached hydrogen (secondary N) is 3. The van der Waals surface area contributed by atoms with Crippen LogP contribution in [0.5, 0.6) is 0 Å². The fourth-order valence-corrected chi connectivity index (χ4v) is 5.48. The molecule has 7 nitrogen and oxygen atoms in total. The highest BCUT2D eigenvalue weighted by Gasteiger charge is 2.50. The second-order valence-electron chi connectivity index (χ2n) is 8.98. The molecule has 0 radical (unpaired) electrons. The van der Waals surface area contributed by atoms with Gasteiger partial charge in [-0.2, -0.15) is 0 Å². The molecule has 13 heteroatoms. The molecular formula is C25H22F4IN3O4S. The van der Waals surface area contributed by atoms with Crippen molar-refractivity contribution in [3.05, 3.63) is 86.0 Å². The molecule has 0 heterocycles. The van der Waals surface area contributed by atoms with E-state index in [1.165, 1.54) is 30.3 Å². The Kier molecular flexibility index (Phi) is 7.91. The van der Waals surface area contributed by atoms with Gasteiger partial charge in [-0.1, -0.05) is 12.1 Å². The first-order chi connectivity index (χ1) is 17.9. The third-order valence-electron chi connectivity index (χ3n) is 6.22. The highest BCUT2D eigenvalue weighted by atomic mass is 127. The molecule has 202 valence electrons. The molecule has 1 saturated carbocycles. The van der Waals surface area contributed by atoms with Crippen LogP contribution in [-0.2, 0) is 21.3 Å². The Hall–Kier alpha value is -2.91. The van der Waals surface area contributed by atoms with Crippen molar-refractivity contribution in [3.8, 4) is 0 Å². The van der Waals surface area contributed by atoms with Crippen molar-refractivity contribution in [3.63, 3.8) is 0 Å². The lowest BCUT2D eigenvalue weighted by molar-refractivity contribution is 0.0538. The molecule has 0 spiro atoms. The van der Waals surface area contributed by atoms with E-state index < -0.39 is 67.2 Å². The molecule has 4 rings (SSSR count). The molecule has 38 heavy (non-hydrogen) atoms. The quantitative estimate of drug-likeness (QED) is 0.154. The molecule has 1 fully saturated rings. The SMILES string of the molecule is CONC(=O)c1cc(Cc2cccc(NS(=O)(=O)C3(C)CC3)c2F)c(F)c(F)c1Nc1ccc(I)cc1F. The summed E-state index contributed by atoms with van der Waals surface area (Å²) in [6, 6.07) is 8.84. The van der Waals surface area contributed by atoms with Gasteiger partial charge in [0.15, 0.2) is 17.5 Å². The molecule has 3 aromatic rings. The third-order valence-corrected chi connectivity index (χ3v) is 9.08. The predicted molar refractivity (Wildman–Crippen MR) is 143 cm³/mol. The summed E-state index contributed by atoms with van der Waals surface area (Å²) < 4.78 is 87.0. The van der Waals surface area contributed by atoms with E-state index in [1.807, 2.05) is 28.1 Å². The fraction of sp³-hybridized carbons (Fsp3) is 0.240. The average Bonchev–Trinajstić information content (AvgIpc) is 3.62.